The number of aromatic amines is 1. The van der Waals surface area contributed by atoms with Crippen molar-refractivity contribution in [3.05, 3.63) is 46.5 Å². The van der Waals surface area contributed by atoms with Crippen LogP contribution in [0.25, 0.3) is 0 Å². The minimum atomic E-state index is 0.737. The Balaban J connectivity index is 1.53. The Morgan fingerprint density at radius 1 is 1.37 bits per heavy atom. The Kier molecular flexibility index (Phi) is 4.25. The van der Waals surface area contributed by atoms with Crippen LogP contribution in [0.1, 0.15) is 24.4 Å². The van der Waals surface area contributed by atoms with Crippen molar-refractivity contribution in [2.24, 2.45) is 0 Å². The zero-order chi connectivity index (χ0) is 13.1. The van der Waals surface area contributed by atoms with Crippen LogP contribution in [0.2, 0.25) is 0 Å². The van der Waals surface area contributed by atoms with Crippen LogP contribution < -0.4 is 5.32 Å². The first-order chi connectivity index (χ1) is 9.31. The minimum Gasteiger partial charge on any atom is -0.344 e. The van der Waals surface area contributed by atoms with Crippen molar-refractivity contribution in [1.29, 1.82) is 0 Å². The van der Waals surface area contributed by atoms with Crippen LogP contribution in [0.15, 0.2) is 39.8 Å². The van der Waals surface area contributed by atoms with Crippen molar-refractivity contribution in [3.8, 4) is 0 Å². The third-order valence-electron chi connectivity index (χ3n) is 3.04. The van der Waals surface area contributed by atoms with Crippen LogP contribution in [0.3, 0.4) is 0 Å². The second-order valence-corrected chi connectivity index (χ2v) is 6.60. The number of halogens is 1. The molecule has 2 aromatic rings. The number of aromatic nitrogens is 2. The molecule has 1 aliphatic carbocycles. The smallest absolute Gasteiger partial charge is 0.116 e. The van der Waals surface area contributed by atoms with E-state index in [-0.39, 0.29) is 0 Å². The highest BCUT2D eigenvalue weighted by molar-refractivity contribution is 9.10. The van der Waals surface area contributed by atoms with Crippen LogP contribution in [-0.2, 0) is 12.3 Å². The molecule has 1 aromatic heterocycles. The van der Waals surface area contributed by atoms with Gasteiger partial charge in [0.1, 0.15) is 5.82 Å². The standard InChI is InChI=1S/C14H16BrN3S/c15-12-3-1-2-4-13(12)19-9-14-17-8-11(18-14)7-16-10-5-6-10/h1-4,8,10,16H,5-7,9H2,(H,17,18). The normalized spacial score (nSPS) is 14.8. The SMILES string of the molecule is Brc1ccccc1SCc1ncc(CNC2CC2)[nH]1. The molecule has 1 fully saturated rings. The largest absolute Gasteiger partial charge is 0.344 e. The van der Waals surface area contributed by atoms with Gasteiger partial charge in [0.15, 0.2) is 0 Å². The molecule has 1 saturated carbocycles. The van der Waals surface area contributed by atoms with E-state index in [1.807, 2.05) is 12.3 Å². The Labute approximate surface area is 125 Å². The molecular formula is C14H16BrN3S. The average Bonchev–Trinajstić information content (AvgIpc) is 3.14. The number of thioether (sulfide) groups is 1. The molecule has 5 heteroatoms. The summed E-state index contributed by atoms with van der Waals surface area (Å²) < 4.78 is 1.14. The van der Waals surface area contributed by atoms with Gasteiger partial charge >= 0.3 is 0 Å². The van der Waals surface area contributed by atoms with E-state index in [9.17, 15) is 0 Å². The molecule has 1 heterocycles. The van der Waals surface area contributed by atoms with Gasteiger partial charge < -0.3 is 10.3 Å². The molecule has 0 atom stereocenters. The first-order valence-electron chi connectivity index (χ1n) is 6.45. The van der Waals surface area contributed by atoms with Gasteiger partial charge in [-0.05, 0) is 40.9 Å². The lowest BCUT2D eigenvalue weighted by atomic mass is 10.4. The second-order valence-electron chi connectivity index (χ2n) is 4.73. The molecule has 100 valence electrons. The fraction of sp³-hybridized carbons (Fsp3) is 0.357. The third-order valence-corrected chi connectivity index (χ3v) is 5.08. The number of rotatable bonds is 6. The lowest BCUT2D eigenvalue weighted by Crippen LogP contribution is -2.15. The van der Waals surface area contributed by atoms with E-state index in [4.69, 9.17) is 0 Å². The average molecular weight is 338 g/mol. The van der Waals surface area contributed by atoms with Crippen LogP contribution in [-0.4, -0.2) is 16.0 Å². The zero-order valence-electron chi connectivity index (χ0n) is 10.5. The molecule has 3 nitrogen and oxygen atoms in total. The van der Waals surface area contributed by atoms with Gasteiger partial charge in [0.05, 0.1) is 5.75 Å². The van der Waals surface area contributed by atoms with Gasteiger partial charge in [0.25, 0.3) is 0 Å². The maximum atomic E-state index is 4.43. The van der Waals surface area contributed by atoms with Gasteiger partial charge in [-0.25, -0.2) is 4.98 Å². The van der Waals surface area contributed by atoms with Gasteiger partial charge in [-0.3, -0.25) is 0 Å². The van der Waals surface area contributed by atoms with Crippen molar-refractivity contribution in [3.63, 3.8) is 0 Å². The van der Waals surface area contributed by atoms with Crippen molar-refractivity contribution in [2.45, 2.75) is 36.1 Å². The van der Waals surface area contributed by atoms with Crippen LogP contribution in [0.4, 0.5) is 0 Å². The fourth-order valence-electron chi connectivity index (χ4n) is 1.82. The van der Waals surface area contributed by atoms with Gasteiger partial charge in [-0.2, -0.15) is 0 Å². The molecule has 2 N–H and O–H groups in total. The molecule has 1 aromatic carbocycles. The highest BCUT2D eigenvalue weighted by Crippen LogP contribution is 2.29. The fourth-order valence-corrected chi connectivity index (χ4v) is 3.27. The summed E-state index contributed by atoms with van der Waals surface area (Å²) >= 11 is 5.35. The molecule has 0 spiro atoms. The molecular weight excluding hydrogens is 322 g/mol. The summed E-state index contributed by atoms with van der Waals surface area (Å²) in [5, 5.41) is 3.48. The predicted molar refractivity (Wildman–Crippen MR) is 82.2 cm³/mol. The predicted octanol–water partition coefficient (Wildman–Crippen LogP) is 3.72. The molecule has 0 aliphatic heterocycles. The Morgan fingerprint density at radius 2 is 2.21 bits per heavy atom. The number of benzene rings is 1. The first-order valence-corrected chi connectivity index (χ1v) is 8.22. The van der Waals surface area contributed by atoms with Gasteiger partial charge in [-0.1, -0.05) is 12.1 Å². The van der Waals surface area contributed by atoms with E-state index >= 15 is 0 Å². The third kappa shape index (κ3) is 3.84. The molecule has 0 unspecified atom stereocenters. The molecule has 0 radical (unpaired) electrons. The van der Waals surface area contributed by atoms with E-state index in [1.165, 1.54) is 23.4 Å². The highest BCUT2D eigenvalue weighted by atomic mass is 79.9. The molecule has 0 saturated heterocycles. The molecule has 1 aliphatic rings. The Morgan fingerprint density at radius 3 is 3.00 bits per heavy atom. The number of H-pyrrole nitrogens is 1. The van der Waals surface area contributed by atoms with Gasteiger partial charge in [-0.15, -0.1) is 11.8 Å². The monoisotopic (exact) mass is 337 g/mol. The lowest BCUT2D eigenvalue weighted by Gasteiger charge is -2.02. The lowest BCUT2D eigenvalue weighted by molar-refractivity contribution is 0.676. The van der Waals surface area contributed by atoms with Crippen molar-refractivity contribution in [1.82, 2.24) is 15.3 Å². The molecule has 0 bridgehead atoms. The second kappa shape index (κ2) is 6.11. The van der Waals surface area contributed by atoms with E-state index in [2.05, 4.69) is 49.4 Å². The zero-order valence-corrected chi connectivity index (χ0v) is 12.9. The highest BCUT2D eigenvalue weighted by Gasteiger charge is 2.20. The van der Waals surface area contributed by atoms with Crippen molar-refractivity contribution in [2.75, 3.05) is 0 Å². The van der Waals surface area contributed by atoms with Crippen molar-refractivity contribution >= 4 is 27.7 Å². The van der Waals surface area contributed by atoms with Gasteiger partial charge in [0, 0.05) is 33.8 Å². The van der Waals surface area contributed by atoms with E-state index in [0.29, 0.717) is 0 Å². The summed E-state index contributed by atoms with van der Waals surface area (Å²) in [6.07, 6.45) is 4.57. The molecule has 3 rings (SSSR count). The summed E-state index contributed by atoms with van der Waals surface area (Å²) in [6.45, 7) is 0.900. The summed E-state index contributed by atoms with van der Waals surface area (Å²) in [7, 11) is 0. The quantitative estimate of drug-likeness (QED) is 0.789. The number of hydrogen-bond donors (Lipinski definition) is 2. The van der Waals surface area contributed by atoms with E-state index in [1.54, 1.807) is 11.8 Å². The number of hydrogen-bond acceptors (Lipinski definition) is 3. The first kappa shape index (κ1) is 13.2. The molecule has 19 heavy (non-hydrogen) atoms. The maximum absolute atomic E-state index is 4.43. The number of nitrogens with one attached hydrogen (secondary N) is 2. The summed E-state index contributed by atoms with van der Waals surface area (Å²) in [5.74, 6) is 1.90. The Hall–Kier alpha value is -0.780. The van der Waals surface area contributed by atoms with E-state index < -0.39 is 0 Å². The van der Waals surface area contributed by atoms with Crippen LogP contribution >= 0.6 is 27.7 Å². The van der Waals surface area contributed by atoms with E-state index in [0.717, 1.165) is 28.6 Å². The summed E-state index contributed by atoms with van der Waals surface area (Å²) in [6, 6.07) is 9.01. The maximum Gasteiger partial charge on any atom is 0.116 e. The number of imidazole rings is 1. The molecule has 0 amide bonds. The Bertz CT molecular complexity index is 551. The summed E-state index contributed by atoms with van der Waals surface area (Å²) in [5.41, 5.74) is 1.18. The number of nitrogens with zero attached hydrogens (tertiary/aromatic N) is 1. The summed E-state index contributed by atoms with van der Waals surface area (Å²) in [4.78, 5) is 9.05. The van der Waals surface area contributed by atoms with Crippen molar-refractivity contribution < 1.29 is 0 Å². The van der Waals surface area contributed by atoms with Crippen LogP contribution in [0.5, 0.6) is 0 Å². The van der Waals surface area contributed by atoms with Gasteiger partial charge in [0.2, 0.25) is 0 Å². The van der Waals surface area contributed by atoms with Crippen LogP contribution in [0, 0.1) is 0 Å². The topological polar surface area (TPSA) is 40.7 Å². The minimum absolute atomic E-state index is 0.737.